The molecule has 1 amide bonds. The molecular formula is C17H16ClFN4O3. The third-order valence-electron chi connectivity index (χ3n) is 4.32. The van der Waals surface area contributed by atoms with Gasteiger partial charge in [-0.05, 0) is 31.2 Å². The molecule has 0 unspecified atom stereocenters. The van der Waals surface area contributed by atoms with Crippen molar-refractivity contribution >= 4 is 29.0 Å². The Hall–Kier alpha value is -2.74. The predicted molar refractivity (Wildman–Crippen MR) is 95.2 cm³/mol. The zero-order valence-corrected chi connectivity index (χ0v) is 14.7. The molecule has 0 aliphatic carbocycles. The van der Waals surface area contributed by atoms with Crippen molar-refractivity contribution in [1.82, 2.24) is 9.88 Å². The number of rotatable bonds is 3. The molecule has 1 aromatic carbocycles. The maximum absolute atomic E-state index is 13.1. The molecule has 1 aliphatic heterocycles. The van der Waals surface area contributed by atoms with Crippen LogP contribution in [0, 0.1) is 22.9 Å². The normalized spacial score (nSPS) is 14.4. The zero-order valence-electron chi connectivity index (χ0n) is 14.0. The molecule has 0 spiro atoms. The summed E-state index contributed by atoms with van der Waals surface area (Å²) in [5.41, 5.74) is 0.788. The van der Waals surface area contributed by atoms with Gasteiger partial charge in [0.25, 0.3) is 11.6 Å². The fourth-order valence-corrected chi connectivity index (χ4v) is 3.12. The van der Waals surface area contributed by atoms with Gasteiger partial charge < -0.3 is 9.80 Å². The monoisotopic (exact) mass is 378 g/mol. The van der Waals surface area contributed by atoms with E-state index in [1.807, 2.05) is 4.90 Å². The molecule has 136 valence electrons. The molecule has 2 aromatic rings. The number of aryl methyl sites for hydroxylation is 1. The zero-order chi connectivity index (χ0) is 18.8. The number of amides is 1. The third kappa shape index (κ3) is 3.60. The van der Waals surface area contributed by atoms with E-state index in [2.05, 4.69) is 4.98 Å². The summed E-state index contributed by atoms with van der Waals surface area (Å²) < 4.78 is 13.1. The van der Waals surface area contributed by atoms with E-state index in [0.717, 1.165) is 6.07 Å². The first-order chi connectivity index (χ1) is 12.4. The van der Waals surface area contributed by atoms with Crippen LogP contribution in [0.25, 0.3) is 0 Å². The van der Waals surface area contributed by atoms with Gasteiger partial charge >= 0.3 is 0 Å². The van der Waals surface area contributed by atoms with Crippen LogP contribution in [0.3, 0.4) is 0 Å². The lowest BCUT2D eigenvalue weighted by Gasteiger charge is -2.35. The molecule has 2 heterocycles. The van der Waals surface area contributed by atoms with Crippen LogP contribution in [0.15, 0.2) is 30.5 Å². The Labute approximate surface area is 154 Å². The van der Waals surface area contributed by atoms with Gasteiger partial charge in [0, 0.05) is 31.7 Å². The molecule has 0 radical (unpaired) electrons. The van der Waals surface area contributed by atoms with Gasteiger partial charge in [-0.3, -0.25) is 14.9 Å². The number of piperazine rings is 1. The SMILES string of the molecule is Cc1cc(N2CCN(C(=O)c3ccc(F)cc3Cl)CC2)ncc1[N+](=O)[O-]. The van der Waals surface area contributed by atoms with Crippen molar-refractivity contribution in [3.63, 3.8) is 0 Å². The number of hydrogen-bond donors (Lipinski definition) is 0. The highest BCUT2D eigenvalue weighted by Crippen LogP contribution is 2.24. The van der Waals surface area contributed by atoms with Crippen molar-refractivity contribution in [1.29, 1.82) is 0 Å². The second-order valence-corrected chi connectivity index (χ2v) is 6.40. The number of nitro groups is 1. The van der Waals surface area contributed by atoms with Crippen LogP contribution in [0.5, 0.6) is 0 Å². The van der Waals surface area contributed by atoms with Crippen LogP contribution in [0.1, 0.15) is 15.9 Å². The topological polar surface area (TPSA) is 79.6 Å². The quantitative estimate of drug-likeness (QED) is 0.605. The summed E-state index contributed by atoms with van der Waals surface area (Å²) in [5.74, 6) is -0.0986. The van der Waals surface area contributed by atoms with Crippen LogP contribution in [0.4, 0.5) is 15.9 Å². The molecule has 0 atom stereocenters. The van der Waals surface area contributed by atoms with E-state index in [0.29, 0.717) is 37.6 Å². The molecule has 7 nitrogen and oxygen atoms in total. The molecule has 1 aliphatic rings. The Morgan fingerprint density at radius 2 is 1.96 bits per heavy atom. The highest BCUT2D eigenvalue weighted by Gasteiger charge is 2.25. The van der Waals surface area contributed by atoms with Gasteiger partial charge in [0.15, 0.2) is 0 Å². The van der Waals surface area contributed by atoms with Crippen LogP contribution in [-0.2, 0) is 0 Å². The lowest BCUT2D eigenvalue weighted by Crippen LogP contribution is -2.49. The lowest BCUT2D eigenvalue weighted by atomic mass is 10.1. The molecule has 1 saturated heterocycles. The maximum Gasteiger partial charge on any atom is 0.290 e. The number of pyridine rings is 1. The molecule has 26 heavy (non-hydrogen) atoms. The van der Waals surface area contributed by atoms with Gasteiger partial charge in [0.2, 0.25) is 0 Å². The smallest absolute Gasteiger partial charge is 0.290 e. The number of halogens is 2. The third-order valence-corrected chi connectivity index (χ3v) is 4.63. The first-order valence-electron chi connectivity index (χ1n) is 7.97. The van der Waals surface area contributed by atoms with Gasteiger partial charge in [0.1, 0.15) is 17.8 Å². The Bertz CT molecular complexity index is 869. The standard InChI is InChI=1S/C17H16ClFN4O3/c1-11-8-16(20-10-15(11)23(25)26)21-4-6-22(7-5-21)17(24)13-3-2-12(19)9-14(13)18/h2-3,8-10H,4-7H2,1H3. The average Bonchev–Trinajstić information content (AvgIpc) is 2.61. The Morgan fingerprint density at radius 3 is 2.54 bits per heavy atom. The minimum atomic E-state index is -0.490. The van der Waals surface area contributed by atoms with E-state index in [4.69, 9.17) is 11.6 Å². The Kier molecular flexibility index (Phi) is 5.03. The van der Waals surface area contributed by atoms with E-state index < -0.39 is 10.7 Å². The van der Waals surface area contributed by atoms with Crippen molar-refractivity contribution in [3.8, 4) is 0 Å². The number of nitrogens with zero attached hydrogens (tertiary/aromatic N) is 4. The first kappa shape index (κ1) is 18.1. The van der Waals surface area contributed by atoms with Gasteiger partial charge in [-0.25, -0.2) is 9.37 Å². The van der Waals surface area contributed by atoms with Crippen molar-refractivity contribution in [2.75, 3.05) is 31.1 Å². The second kappa shape index (κ2) is 7.25. The van der Waals surface area contributed by atoms with Crippen LogP contribution < -0.4 is 4.90 Å². The summed E-state index contributed by atoms with van der Waals surface area (Å²) in [4.78, 5) is 30.7. The molecular weight excluding hydrogens is 363 g/mol. The maximum atomic E-state index is 13.1. The summed E-state index contributed by atoms with van der Waals surface area (Å²) >= 11 is 5.96. The largest absolute Gasteiger partial charge is 0.353 e. The van der Waals surface area contributed by atoms with Crippen molar-refractivity contribution in [2.45, 2.75) is 6.92 Å². The Morgan fingerprint density at radius 1 is 1.27 bits per heavy atom. The number of benzene rings is 1. The minimum Gasteiger partial charge on any atom is -0.353 e. The van der Waals surface area contributed by atoms with Gasteiger partial charge in [-0.2, -0.15) is 0 Å². The highest BCUT2D eigenvalue weighted by atomic mass is 35.5. The molecule has 0 saturated carbocycles. The van der Waals surface area contributed by atoms with Crippen LogP contribution in [0.2, 0.25) is 5.02 Å². The molecule has 9 heteroatoms. The van der Waals surface area contributed by atoms with E-state index in [-0.39, 0.29) is 22.2 Å². The van der Waals surface area contributed by atoms with Gasteiger partial charge in [-0.15, -0.1) is 0 Å². The Balaban J connectivity index is 1.68. The van der Waals surface area contributed by atoms with Crippen LogP contribution in [-0.4, -0.2) is 46.9 Å². The van der Waals surface area contributed by atoms with E-state index in [9.17, 15) is 19.3 Å². The average molecular weight is 379 g/mol. The summed E-state index contributed by atoms with van der Waals surface area (Å²) in [5, 5.41) is 11.0. The number of carbonyl (C=O) groups is 1. The van der Waals surface area contributed by atoms with Gasteiger partial charge in [0.05, 0.1) is 15.5 Å². The first-order valence-corrected chi connectivity index (χ1v) is 8.35. The molecule has 0 N–H and O–H groups in total. The van der Waals surface area contributed by atoms with Crippen molar-refractivity contribution in [2.24, 2.45) is 0 Å². The van der Waals surface area contributed by atoms with Crippen molar-refractivity contribution in [3.05, 3.63) is 62.5 Å². The predicted octanol–water partition coefficient (Wildman–Crippen LogP) is 3.05. The summed E-state index contributed by atoms with van der Waals surface area (Å²) in [6.45, 7) is 3.64. The van der Waals surface area contributed by atoms with Gasteiger partial charge in [-0.1, -0.05) is 11.6 Å². The second-order valence-electron chi connectivity index (χ2n) is 5.99. The summed E-state index contributed by atoms with van der Waals surface area (Å²) in [6, 6.07) is 5.38. The number of aromatic nitrogens is 1. The van der Waals surface area contributed by atoms with Crippen molar-refractivity contribution < 1.29 is 14.1 Å². The molecule has 0 bridgehead atoms. The fourth-order valence-electron chi connectivity index (χ4n) is 2.87. The number of carbonyl (C=O) groups excluding carboxylic acids is 1. The van der Waals surface area contributed by atoms with E-state index in [1.165, 1.54) is 18.3 Å². The molecule has 1 aromatic heterocycles. The van der Waals surface area contributed by atoms with Crippen LogP contribution >= 0.6 is 11.6 Å². The van der Waals surface area contributed by atoms with E-state index >= 15 is 0 Å². The lowest BCUT2D eigenvalue weighted by molar-refractivity contribution is -0.385. The summed E-state index contributed by atoms with van der Waals surface area (Å²) in [6.07, 6.45) is 1.25. The molecule has 1 fully saturated rings. The molecule has 3 rings (SSSR count). The summed E-state index contributed by atoms with van der Waals surface area (Å²) in [7, 11) is 0. The fraction of sp³-hybridized carbons (Fsp3) is 0.294. The minimum absolute atomic E-state index is 0.0199. The number of hydrogen-bond acceptors (Lipinski definition) is 5. The van der Waals surface area contributed by atoms with E-state index in [1.54, 1.807) is 17.9 Å². The number of anilines is 1. The highest BCUT2D eigenvalue weighted by molar-refractivity contribution is 6.33.